The monoisotopic (exact) mass is 334 g/mol. The van der Waals surface area contributed by atoms with E-state index in [4.69, 9.17) is 12.2 Å². The van der Waals surface area contributed by atoms with E-state index >= 15 is 0 Å². The minimum absolute atomic E-state index is 0.221. The molecule has 23 heavy (non-hydrogen) atoms. The first kappa shape index (κ1) is 17.3. The maximum atomic E-state index is 13.6. The van der Waals surface area contributed by atoms with Gasteiger partial charge >= 0.3 is 0 Å². The Morgan fingerprint density at radius 1 is 1.04 bits per heavy atom. The van der Waals surface area contributed by atoms with Gasteiger partial charge in [0, 0.05) is 6.54 Å². The molecule has 2 nitrogen and oxygen atoms in total. The van der Waals surface area contributed by atoms with E-state index in [0.717, 1.165) is 12.8 Å². The van der Waals surface area contributed by atoms with Gasteiger partial charge in [-0.05, 0) is 42.3 Å². The van der Waals surface area contributed by atoms with E-state index in [1.165, 1.54) is 23.8 Å². The minimum atomic E-state index is -0.662. The summed E-state index contributed by atoms with van der Waals surface area (Å²) in [5.41, 5.74) is 1.04. The molecule has 0 saturated heterocycles. The molecule has 0 bridgehead atoms. The maximum Gasteiger partial charge on any atom is 0.170 e. The summed E-state index contributed by atoms with van der Waals surface area (Å²) in [5, 5.41) is 5.86. The van der Waals surface area contributed by atoms with E-state index in [-0.39, 0.29) is 10.8 Å². The summed E-state index contributed by atoms with van der Waals surface area (Å²) in [5.74, 6) is -0.932. The summed E-state index contributed by atoms with van der Waals surface area (Å²) in [6.45, 7) is 2.76. The van der Waals surface area contributed by atoms with Gasteiger partial charge in [-0.1, -0.05) is 49.7 Å². The fourth-order valence-electron chi connectivity index (χ4n) is 2.32. The summed E-state index contributed by atoms with van der Waals surface area (Å²) in [7, 11) is 0. The van der Waals surface area contributed by atoms with Crippen LogP contribution in [0.2, 0.25) is 0 Å². The van der Waals surface area contributed by atoms with Crippen molar-refractivity contribution >= 4 is 23.0 Å². The molecule has 122 valence electrons. The molecule has 5 heteroatoms. The van der Waals surface area contributed by atoms with Crippen molar-refractivity contribution in [1.82, 2.24) is 5.32 Å². The Morgan fingerprint density at radius 3 is 2.30 bits per heavy atom. The van der Waals surface area contributed by atoms with Crippen LogP contribution in [0.1, 0.15) is 18.9 Å². The van der Waals surface area contributed by atoms with Gasteiger partial charge in [-0.3, -0.25) is 0 Å². The van der Waals surface area contributed by atoms with Crippen molar-refractivity contribution in [2.45, 2.75) is 19.8 Å². The quantitative estimate of drug-likeness (QED) is 0.760. The average Bonchev–Trinajstić information content (AvgIpc) is 2.56. The Bertz CT molecular complexity index is 626. The molecule has 0 unspecified atom stereocenters. The van der Waals surface area contributed by atoms with E-state index in [2.05, 4.69) is 29.7 Å². The first-order valence-corrected chi connectivity index (χ1v) is 8.03. The van der Waals surface area contributed by atoms with Gasteiger partial charge in [0.25, 0.3) is 0 Å². The molecule has 0 radical (unpaired) electrons. The molecular weight excluding hydrogens is 314 g/mol. The van der Waals surface area contributed by atoms with Crippen LogP contribution in [0.5, 0.6) is 0 Å². The number of hydrogen-bond acceptors (Lipinski definition) is 1. The third-order valence-electron chi connectivity index (χ3n) is 3.70. The molecule has 0 aromatic heterocycles. The molecule has 2 rings (SSSR count). The highest BCUT2D eigenvalue weighted by molar-refractivity contribution is 7.80. The largest absolute Gasteiger partial charge is 0.362 e. The molecular formula is C18H20F2N2S. The van der Waals surface area contributed by atoms with Crippen LogP contribution in [-0.4, -0.2) is 11.7 Å². The molecule has 0 spiro atoms. The molecule has 2 N–H and O–H groups in total. The van der Waals surface area contributed by atoms with Crippen molar-refractivity contribution in [3.8, 4) is 0 Å². The molecule has 0 aliphatic rings. The number of rotatable bonds is 6. The van der Waals surface area contributed by atoms with Gasteiger partial charge in [0.1, 0.15) is 17.3 Å². The van der Waals surface area contributed by atoms with Crippen LogP contribution < -0.4 is 10.6 Å². The molecule has 0 fully saturated rings. The van der Waals surface area contributed by atoms with E-state index in [0.29, 0.717) is 12.5 Å². The van der Waals surface area contributed by atoms with Crippen molar-refractivity contribution in [3.63, 3.8) is 0 Å². The van der Waals surface area contributed by atoms with Crippen LogP contribution in [-0.2, 0) is 6.42 Å². The van der Waals surface area contributed by atoms with Crippen molar-refractivity contribution < 1.29 is 8.78 Å². The highest BCUT2D eigenvalue weighted by Gasteiger charge is 2.11. The lowest BCUT2D eigenvalue weighted by atomic mass is 9.97. The Kier molecular flexibility index (Phi) is 6.47. The van der Waals surface area contributed by atoms with Gasteiger partial charge in [0.05, 0.1) is 0 Å². The highest BCUT2D eigenvalue weighted by atomic mass is 32.1. The van der Waals surface area contributed by atoms with Gasteiger partial charge in [0.15, 0.2) is 5.11 Å². The number of nitrogens with one attached hydrogen (secondary N) is 2. The molecule has 0 amide bonds. The van der Waals surface area contributed by atoms with Crippen molar-refractivity contribution in [1.29, 1.82) is 0 Å². The highest BCUT2D eigenvalue weighted by Crippen LogP contribution is 2.18. The third-order valence-corrected chi connectivity index (χ3v) is 3.94. The van der Waals surface area contributed by atoms with E-state index < -0.39 is 11.6 Å². The zero-order valence-electron chi connectivity index (χ0n) is 13.0. The summed E-state index contributed by atoms with van der Waals surface area (Å²) in [6.07, 6.45) is 1.92. The molecule has 2 aromatic carbocycles. The molecule has 0 aliphatic carbocycles. The molecule has 1 atom stereocenters. The molecule has 0 heterocycles. The van der Waals surface area contributed by atoms with Crippen molar-refractivity contribution in [2.24, 2.45) is 5.92 Å². The molecule has 0 aliphatic heterocycles. The summed E-state index contributed by atoms with van der Waals surface area (Å²) in [6, 6.07) is 13.9. The van der Waals surface area contributed by atoms with E-state index in [1.807, 2.05) is 18.2 Å². The Labute approximate surface area is 140 Å². The SMILES string of the molecule is CC[C@H](CNC(=S)Nc1c(F)cccc1F)Cc1ccccc1. The fourth-order valence-corrected chi connectivity index (χ4v) is 2.51. The summed E-state index contributed by atoms with van der Waals surface area (Å²) >= 11 is 5.13. The first-order chi connectivity index (χ1) is 11.1. The number of benzene rings is 2. The molecule has 2 aromatic rings. The minimum Gasteiger partial charge on any atom is -0.362 e. The second kappa shape index (κ2) is 8.58. The smallest absolute Gasteiger partial charge is 0.170 e. The Morgan fingerprint density at radius 2 is 1.70 bits per heavy atom. The second-order valence-electron chi connectivity index (χ2n) is 5.40. The van der Waals surface area contributed by atoms with Gasteiger partial charge in [0.2, 0.25) is 0 Å². The van der Waals surface area contributed by atoms with Crippen LogP contribution >= 0.6 is 12.2 Å². The number of thiocarbonyl (C=S) groups is 1. The number of para-hydroxylation sites is 1. The van der Waals surface area contributed by atoms with Gasteiger partial charge < -0.3 is 10.6 Å². The second-order valence-corrected chi connectivity index (χ2v) is 5.80. The topological polar surface area (TPSA) is 24.1 Å². The van der Waals surface area contributed by atoms with Gasteiger partial charge in [-0.25, -0.2) is 8.78 Å². The lowest BCUT2D eigenvalue weighted by molar-refractivity contribution is 0.498. The summed E-state index contributed by atoms with van der Waals surface area (Å²) < 4.78 is 27.1. The predicted molar refractivity (Wildman–Crippen MR) is 94.5 cm³/mol. The third kappa shape index (κ3) is 5.28. The fraction of sp³-hybridized carbons (Fsp3) is 0.278. The normalized spacial score (nSPS) is 11.8. The zero-order chi connectivity index (χ0) is 16.7. The number of hydrogen-bond donors (Lipinski definition) is 2. The van der Waals surface area contributed by atoms with Crippen molar-refractivity contribution in [3.05, 3.63) is 65.7 Å². The van der Waals surface area contributed by atoms with Crippen LogP contribution in [0.3, 0.4) is 0 Å². The standard InChI is InChI=1S/C18H20F2N2S/c1-2-13(11-14-7-4-3-5-8-14)12-21-18(23)22-17-15(19)9-6-10-16(17)20/h3-10,13H,2,11-12H2,1H3,(H2,21,22,23)/t13-/m0/s1. The Hall–Kier alpha value is -2.01. The zero-order valence-corrected chi connectivity index (χ0v) is 13.8. The van der Waals surface area contributed by atoms with Gasteiger partial charge in [-0.2, -0.15) is 0 Å². The van der Waals surface area contributed by atoms with E-state index in [9.17, 15) is 8.78 Å². The van der Waals surface area contributed by atoms with Crippen LogP contribution in [0.4, 0.5) is 14.5 Å². The van der Waals surface area contributed by atoms with Crippen LogP contribution in [0.15, 0.2) is 48.5 Å². The maximum absolute atomic E-state index is 13.6. The molecule has 0 saturated carbocycles. The summed E-state index contributed by atoms with van der Waals surface area (Å²) in [4.78, 5) is 0. The van der Waals surface area contributed by atoms with Gasteiger partial charge in [-0.15, -0.1) is 0 Å². The lowest BCUT2D eigenvalue weighted by Crippen LogP contribution is -2.33. The van der Waals surface area contributed by atoms with Crippen LogP contribution in [0.25, 0.3) is 0 Å². The average molecular weight is 334 g/mol. The Balaban J connectivity index is 1.87. The van der Waals surface area contributed by atoms with E-state index in [1.54, 1.807) is 0 Å². The number of anilines is 1. The number of halogens is 2. The lowest BCUT2D eigenvalue weighted by Gasteiger charge is -2.18. The van der Waals surface area contributed by atoms with Crippen molar-refractivity contribution in [2.75, 3.05) is 11.9 Å². The van der Waals surface area contributed by atoms with Crippen LogP contribution in [0, 0.1) is 17.6 Å². The first-order valence-electron chi connectivity index (χ1n) is 7.63. The predicted octanol–water partition coefficient (Wildman–Crippen LogP) is 4.52.